The van der Waals surface area contributed by atoms with Crippen LogP contribution in [0.25, 0.3) is 11.0 Å². The van der Waals surface area contributed by atoms with Crippen molar-refractivity contribution in [3.05, 3.63) is 75.1 Å². The number of fused-ring (bicyclic) bond motifs is 1. The monoisotopic (exact) mass is 366 g/mol. The SMILES string of the molecule is CCc1ccc2c(COC(=O)COc3cc(C)ccc3C)cc(=O)oc2c1. The van der Waals surface area contributed by atoms with E-state index in [-0.39, 0.29) is 13.2 Å². The Labute approximate surface area is 157 Å². The van der Waals surface area contributed by atoms with E-state index in [1.807, 2.05) is 57.2 Å². The summed E-state index contributed by atoms with van der Waals surface area (Å²) in [5.74, 6) is 0.160. The van der Waals surface area contributed by atoms with Gasteiger partial charge in [0.25, 0.3) is 0 Å². The van der Waals surface area contributed by atoms with Crippen molar-refractivity contribution in [3.63, 3.8) is 0 Å². The van der Waals surface area contributed by atoms with Gasteiger partial charge in [-0.25, -0.2) is 9.59 Å². The molecular formula is C22H22O5. The van der Waals surface area contributed by atoms with Crippen LogP contribution in [0.5, 0.6) is 5.75 Å². The van der Waals surface area contributed by atoms with Gasteiger partial charge in [-0.3, -0.25) is 0 Å². The highest BCUT2D eigenvalue weighted by molar-refractivity contribution is 5.81. The fourth-order valence-corrected chi connectivity index (χ4v) is 2.81. The summed E-state index contributed by atoms with van der Waals surface area (Å²) in [6.45, 7) is 5.70. The van der Waals surface area contributed by atoms with Gasteiger partial charge in [-0.05, 0) is 49.1 Å². The third-order valence-electron chi connectivity index (χ3n) is 4.38. The number of hydrogen-bond donors (Lipinski definition) is 0. The zero-order chi connectivity index (χ0) is 19.4. The molecule has 27 heavy (non-hydrogen) atoms. The van der Waals surface area contributed by atoms with E-state index in [0.717, 1.165) is 28.5 Å². The lowest BCUT2D eigenvalue weighted by Crippen LogP contribution is -2.16. The van der Waals surface area contributed by atoms with E-state index in [1.54, 1.807) is 0 Å². The first kappa shape index (κ1) is 18.7. The van der Waals surface area contributed by atoms with Crippen LogP contribution in [0.3, 0.4) is 0 Å². The fraction of sp³-hybridized carbons (Fsp3) is 0.273. The lowest BCUT2D eigenvalue weighted by molar-refractivity contribution is -0.147. The van der Waals surface area contributed by atoms with Gasteiger partial charge in [-0.15, -0.1) is 0 Å². The number of carbonyl (C=O) groups excluding carboxylic acids is 1. The maximum absolute atomic E-state index is 12.1. The minimum atomic E-state index is -0.498. The van der Waals surface area contributed by atoms with Crippen molar-refractivity contribution in [2.75, 3.05) is 6.61 Å². The third kappa shape index (κ3) is 4.56. The van der Waals surface area contributed by atoms with E-state index in [2.05, 4.69) is 0 Å². The standard InChI is InChI=1S/C22H22O5/c1-4-16-7-8-18-17(11-21(23)27-20(18)10-16)12-26-22(24)13-25-19-9-14(2)5-6-15(19)3/h5-11H,4,12-13H2,1-3H3. The minimum Gasteiger partial charge on any atom is -0.482 e. The van der Waals surface area contributed by atoms with Crippen molar-refractivity contribution >= 4 is 16.9 Å². The molecule has 3 rings (SSSR count). The summed E-state index contributed by atoms with van der Waals surface area (Å²) in [5.41, 5.74) is 3.73. The van der Waals surface area contributed by atoms with Gasteiger partial charge in [0, 0.05) is 17.0 Å². The molecule has 0 atom stereocenters. The molecule has 0 aliphatic carbocycles. The van der Waals surface area contributed by atoms with E-state index in [0.29, 0.717) is 16.9 Å². The van der Waals surface area contributed by atoms with Gasteiger partial charge < -0.3 is 13.9 Å². The molecule has 0 amide bonds. The molecule has 1 aromatic heterocycles. The quantitative estimate of drug-likeness (QED) is 0.485. The van der Waals surface area contributed by atoms with Crippen LogP contribution in [0, 0.1) is 13.8 Å². The Hall–Kier alpha value is -3.08. The first-order chi connectivity index (χ1) is 13.0. The maximum atomic E-state index is 12.1. The molecule has 1 heterocycles. The normalized spacial score (nSPS) is 10.8. The Morgan fingerprint density at radius 2 is 1.89 bits per heavy atom. The number of hydrogen-bond acceptors (Lipinski definition) is 5. The lowest BCUT2D eigenvalue weighted by atomic mass is 10.1. The predicted molar refractivity (Wildman–Crippen MR) is 103 cm³/mol. The van der Waals surface area contributed by atoms with Crippen molar-refractivity contribution < 1.29 is 18.7 Å². The molecule has 0 aliphatic heterocycles. The summed E-state index contributed by atoms with van der Waals surface area (Å²) in [4.78, 5) is 23.9. The van der Waals surface area contributed by atoms with Gasteiger partial charge in [0.1, 0.15) is 17.9 Å². The van der Waals surface area contributed by atoms with Crippen LogP contribution in [0.4, 0.5) is 0 Å². The van der Waals surface area contributed by atoms with Crippen LogP contribution in [-0.2, 0) is 22.6 Å². The minimum absolute atomic E-state index is 0.0113. The summed E-state index contributed by atoms with van der Waals surface area (Å²) in [6, 6.07) is 12.8. The van der Waals surface area contributed by atoms with E-state index in [1.165, 1.54) is 6.07 Å². The number of ether oxygens (including phenoxy) is 2. The molecule has 0 saturated carbocycles. The van der Waals surface area contributed by atoms with Crippen molar-refractivity contribution in [2.24, 2.45) is 0 Å². The fourth-order valence-electron chi connectivity index (χ4n) is 2.81. The molecule has 0 fully saturated rings. The molecule has 3 aromatic rings. The predicted octanol–water partition coefficient (Wildman–Crippen LogP) is 4.09. The number of benzene rings is 2. The van der Waals surface area contributed by atoms with E-state index in [4.69, 9.17) is 13.9 Å². The molecular weight excluding hydrogens is 344 g/mol. The highest BCUT2D eigenvalue weighted by Crippen LogP contribution is 2.21. The van der Waals surface area contributed by atoms with Crippen LogP contribution in [0.15, 0.2) is 51.7 Å². The van der Waals surface area contributed by atoms with Crippen molar-refractivity contribution in [1.82, 2.24) is 0 Å². The lowest BCUT2D eigenvalue weighted by Gasteiger charge is -2.11. The average Bonchev–Trinajstić information content (AvgIpc) is 2.66. The molecule has 2 aromatic carbocycles. The van der Waals surface area contributed by atoms with E-state index >= 15 is 0 Å². The summed E-state index contributed by atoms with van der Waals surface area (Å²) in [6.07, 6.45) is 0.842. The van der Waals surface area contributed by atoms with Gasteiger partial charge in [-0.2, -0.15) is 0 Å². The number of aryl methyl sites for hydroxylation is 3. The van der Waals surface area contributed by atoms with Crippen LogP contribution in [0.2, 0.25) is 0 Å². The van der Waals surface area contributed by atoms with Gasteiger partial charge >= 0.3 is 11.6 Å². The van der Waals surface area contributed by atoms with Crippen LogP contribution in [0.1, 0.15) is 29.2 Å². The molecule has 0 unspecified atom stereocenters. The Bertz CT molecular complexity index is 1030. The van der Waals surface area contributed by atoms with Crippen molar-refractivity contribution in [1.29, 1.82) is 0 Å². The highest BCUT2D eigenvalue weighted by Gasteiger charge is 2.11. The molecule has 5 heteroatoms. The highest BCUT2D eigenvalue weighted by atomic mass is 16.6. The van der Waals surface area contributed by atoms with Crippen molar-refractivity contribution in [2.45, 2.75) is 33.8 Å². The largest absolute Gasteiger partial charge is 0.482 e. The second-order valence-corrected chi connectivity index (χ2v) is 6.49. The number of esters is 1. The van der Waals surface area contributed by atoms with Gasteiger partial charge in [0.05, 0.1) is 0 Å². The van der Waals surface area contributed by atoms with Crippen LogP contribution >= 0.6 is 0 Å². The summed E-state index contributed by atoms with van der Waals surface area (Å²) >= 11 is 0. The molecule has 0 spiro atoms. The first-order valence-corrected chi connectivity index (χ1v) is 8.87. The summed E-state index contributed by atoms with van der Waals surface area (Å²) in [5, 5.41) is 0.759. The van der Waals surface area contributed by atoms with Gasteiger partial charge in [0.15, 0.2) is 6.61 Å². The zero-order valence-electron chi connectivity index (χ0n) is 15.7. The molecule has 0 bridgehead atoms. The Morgan fingerprint density at radius 1 is 1.07 bits per heavy atom. The Balaban J connectivity index is 1.68. The Morgan fingerprint density at radius 3 is 2.67 bits per heavy atom. The van der Waals surface area contributed by atoms with Gasteiger partial charge in [0.2, 0.25) is 0 Å². The molecule has 0 N–H and O–H groups in total. The van der Waals surface area contributed by atoms with Crippen molar-refractivity contribution in [3.8, 4) is 5.75 Å². The first-order valence-electron chi connectivity index (χ1n) is 8.87. The average molecular weight is 366 g/mol. The second-order valence-electron chi connectivity index (χ2n) is 6.49. The summed E-state index contributed by atoms with van der Waals surface area (Å²) in [7, 11) is 0. The third-order valence-corrected chi connectivity index (χ3v) is 4.38. The van der Waals surface area contributed by atoms with Gasteiger partial charge in [-0.1, -0.05) is 31.2 Å². The molecule has 140 valence electrons. The second kappa shape index (κ2) is 8.08. The van der Waals surface area contributed by atoms with E-state index in [9.17, 15) is 9.59 Å². The number of rotatable bonds is 6. The topological polar surface area (TPSA) is 65.7 Å². The van der Waals surface area contributed by atoms with E-state index < -0.39 is 11.6 Å². The maximum Gasteiger partial charge on any atom is 0.344 e. The molecule has 0 aliphatic rings. The molecule has 5 nitrogen and oxygen atoms in total. The Kier molecular flexibility index (Phi) is 5.60. The molecule has 0 saturated heterocycles. The molecule has 0 radical (unpaired) electrons. The van der Waals surface area contributed by atoms with Crippen LogP contribution < -0.4 is 10.4 Å². The summed E-state index contributed by atoms with van der Waals surface area (Å²) < 4.78 is 16.1. The zero-order valence-corrected chi connectivity index (χ0v) is 15.7. The smallest absolute Gasteiger partial charge is 0.344 e. The number of carbonyl (C=O) groups is 1. The van der Waals surface area contributed by atoms with Crippen LogP contribution in [-0.4, -0.2) is 12.6 Å².